The van der Waals surface area contributed by atoms with Gasteiger partial charge in [-0.05, 0) is 28.0 Å². The van der Waals surface area contributed by atoms with E-state index >= 15 is 0 Å². The maximum absolute atomic E-state index is 9.27. The summed E-state index contributed by atoms with van der Waals surface area (Å²) in [5.41, 5.74) is 2.15. The molecule has 0 amide bonds. The van der Waals surface area contributed by atoms with Crippen LogP contribution in [0.5, 0.6) is 0 Å². The predicted octanol–water partition coefficient (Wildman–Crippen LogP) is 4.39. The topological polar surface area (TPSA) is 36.1 Å². The molecular formula is C20H16N2. The van der Waals surface area contributed by atoms with Gasteiger partial charge in [0.05, 0.1) is 6.07 Å². The Morgan fingerprint density at radius 3 is 2.41 bits per heavy atom. The van der Waals surface area contributed by atoms with Gasteiger partial charge in [-0.2, -0.15) is 5.26 Å². The van der Waals surface area contributed by atoms with Gasteiger partial charge in [-0.15, -0.1) is 0 Å². The highest BCUT2D eigenvalue weighted by molar-refractivity contribution is 5.90. The van der Waals surface area contributed by atoms with E-state index in [-0.39, 0.29) is 6.04 Å². The number of rotatable bonds is 4. The lowest BCUT2D eigenvalue weighted by molar-refractivity contribution is 0.829. The average Bonchev–Trinajstić information content (AvgIpc) is 2.59. The van der Waals surface area contributed by atoms with Gasteiger partial charge >= 0.3 is 0 Å². The van der Waals surface area contributed by atoms with Crippen LogP contribution in [0.3, 0.4) is 0 Å². The van der Waals surface area contributed by atoms with E-state index in [0.717, 1.165) is 11.1 Å². The van der Waals surface area contributed by atoms with Crippen molar-refractivity contribution in [1.82, 2.24) is 0 Å². The van der Waals surface area contributed by atoms with Gasteiger partial charge in [0.1, 0.15) is 6.04 Å². The van der Waals surface area contributed by atoms with E-state index in [1.165, 1.54) is 10.8 Å². The molecule has 0 aliphatic rings. The molecule has 0 spiro atoms. The van der Waals surface area contributed by atoms with Crippen LogP contribution in [0.1, 0.15) is 11.1 Å². The second-order valence-electron chi connectivity index (χ2n) is 5.22. The Kier molecular flexibility index (Phi) is 4.27. The van der Waals surface area contributed by atoms with Gasteiger partial charge in [-0.3, -0.25) is 4.99 Å². The minimum atomic E-state index is -0.353. The van der Waals surface area contributed by atoms with Gasteiger partial charge < -0.3 is 0 Å². The first kappa shape index (κ1) is 14.0. The molecule has 0 saturated heterocycles. The fourth-order valence-electron chi connectivity index (χ4n) is 2.43. The fraction of sp³-hybridized carbons (Fsp3) is 0.100. The first-order valence-corrected chi connectivity index (χ1v) is 7.31. The lowest BCUT2D eigenvalue weighted by atomic mass is 10.1. The Balaban J connectivity index is 1.77. The summed E-state index contributed by atoms with van der Waals surface area (Å²) in [5.74, 6) is 0. The predicted molar refractivity (Wildman–Crippen MR) is 91.1 cm³/mol. The Labute approximate surface area is 130 Å². The highest BCUT2D eigenvalue weighted by Crippen LogP contribution is 2.15. The normalized spacial score (nSPS) is 12.3. The molecule has 3 rings (SSSR count). The number of nitriles is 1. The lowest BCUT2D eigenvalue weighted by Gasteiger charge is -2.04. The molecule has 3 aromatic carbocycles. The molecule has 1 unspecified atom stereocenters. The number of fused-ring (bicyclic) bond motifs is 1. The van der Waals surface area contributed by atoms with Gasteiger partial charge in [0, 0.05) is 12.6 Å². The van der Waals surface area contributed by atoms with E-state index in [4.69, 9.17) is 0 Å². The van der Waals surface area contributed by atoms with E-state index in [1.54, 1.807) is 6.21 Å². The second-order valence-corrected chi connectivity index (χ2v) is 5.22. The Hall–Kier alpha value is -2.92. The van der Waals surface area contributed by atoms with Crippen LogP contribution in [0.2, 0.25) is 0 Å². The zero-order chi connectivity index (χ0) is 15.2. The molecule has 0 saturated carbocycles. The maximum atomic E-state index is 9.27. The molecule has 0 aromatic heterocycles. The summed E-state index contributed by atoms with van der Waals surface area (Å²) in [4.78, 5) is 4.43. The van der Waals surface area contributed by atoms with E-state index in [0.29, 0.717) is 6.42 Å². The molecule has 0 radical (unpaired) electrons. The number of hydrogen-bond acceptors (Lipinski definition) is 2. The van der Waals surface area contributed by atoms with E-state index in [9.17, 15) is 5.26 Å². The third-order valence-electron chi connectivity index (χ3n) is 3.60. The molecule has 0 N–H and O–H groups in total. The smallest absolute Gasteiger partial charge is 0.140 e. The lowest BCUT2D eigenvalue weighted by Crippen LogP contribution is -2.05. The largest absolute Gasteiger partial charge is 0.274 e. The third-order valence-corrected chi connectivity index (χ3v) is 3.60. The Bertz CT molecular complexity index is 829. The first-order chi connectivity index (χ1) is 10.8. The monoisotopic (exact) mass is 284 g/mol. The van der Waals surface area contributed by atoms with Crippen LogP contribution in [0.4, 0.5) is 0 Å². The van der Waals surface area contributed by atoms with Gasteiger partial charge in [0.25, 0.3) is 0 Å². The molecular weight excluding hydrogens is 268 g/mol. The van der Waals surface area contributed by atoms with Crippen LogP contribution >= 0.6 is 0 Å². The summed E-state index contributed by atoms with van der Waals surface area (Å²) >= 11 is 0. The quantitative estimate of drug-likeness (QED) is 0.654. The van der Waals surface area contributed by atoms with Crippen LogP contribution in [-0.2, 0) is 6.42 Å². The summed E-state index contributed by atoms with van der Waals surface area (Å²) in [5, 5.41) is 11.7. The van der Waals surface area contributed by atoms with Crippen molar-refractivity contribution in [2.75, 3.05) is 0 Å². The molecule has 0 aliphatic carbocycles. The van der Waals surface area contributed by atoms with Crippen molar-refractivity contribution in [2.45, 2.75) is 12.5 Å². The van der Waals surface area contributed by atoms with Crippen molar-refractivity contribution in [3.8, 4) is 6.07 Å². The SMILES string of the molecule is N#CC(Cc1ccccc1)N=Cc1ccc2ccccc2c1. The van der Waals surface area contributed by atoms with Crippen molar-refractivity contribution in [3.05, 3.63) is 83.9 Å². The van der Waals surface area contributed by atoms with Gasteiger partial charge in [-0.25, -0.2) is 0 Å². The highest BCUT2D eigenvalue weighted by atomic mass is 14.8. The van der Waals surface area contributed by atoms with Crippen LogP contribution in [0.15, 0.2) is 77.8 Å². The molecule has 0 bridgehead atoms. The Morgan fingerprint density at radius 1 is 0.909 bits per heavy atom. The van der Waals surface area contributed by atoms with E-state index < -0.39 is 0 Å². The average molecular weight is 284 g/mol. The van der Waals surface area contributed by atoms with Crippen LogP contribution in [0, 0.1) is 11.3 Å². The van der Waals surface area contributed by atoms with Crippen LogP contribution in [-0.4, -0.2) is 12.3 Å². The van der Waals surface area contributed by atoms with Crippen molar-refractivity contribution >= 4 is 17.0 Å². The molecule has 1 atom stereocenters. The third kappa shape index (κ3) is 3.39. The number of benzene rings is 3. The molecule has 106 valence electrons. The molecule has 0 heterocycles. The number of nitrogens with zero attached hydrogens (tertiary/aromatic N) is 2. The highest BCUT2D eigenvalue weighted by Gasteiger charge is 2.05. The molecule has 2 heteroatoms. The first-order valence-electron chi connectivity index (χ1n) is 7.31. The zero-order valence-corrected chi connectivity index (χ0v) is 12.2. The molecule has 3 aromatic rings. The van der Waals surface area contributed by atoms with Crippen LogP contribution < -0.4 is 0 Å². The Morgan fingerprint density at radius 2 is 1.64 bits per heavy atom. The number of aliphatic imine (C=N–C) groups is 1. The molecule has 0 aliphatic heterocycles. The fourth-order valence-corrected chi connectivity index (χ4v) is 2.43. The maximum Gasteiger partial charge on any atom is 0.140 e. The van der Waals surface area contributed by atoms with Gasteiger partial charge in [0.2, 0.25) is 0 Å². The summed E-state index contributed by atoms with van der Waals surface area (Å²) in [6.45, 7) is 0. The molecule has 2 nitrogen and oxygen atoms in total. The van der Waals surface area contributed by atoms with Gasteiger partial charge in [-0.1, -0.05) is 66.7 Å². The van der Waals surface area contributed by atoms with Crippen molar-refractivity contribution in [1.29, 1.82) is 5.26 Å². The van der Waals surface area contributed by atoms with E-state index in [2.05, 4.69) is 35.3 Å². The summed E-state index contributed by atoms with van der Waals surface area (Å²) in [7, 11) is 0. The second kappa shape index (κ2) is 6.69. The number of hydrogen-bond donors (Lipinski definition) is 0. The summed E-state index contributed by atoms with van der Waals surface area (Å²) in [6, 6.07) is 26.3. The van der Waals surface area contributed by atoms with Crippen LogP contribution in [0.25, 0.3) is 10.8 Å². The zero-order valence-electron chi connectivity index (χ0n) is 12.2. The minimum absolute atomic E-state index is 0.353. The molecule has 0 fully saturated rings. The van der Waals surface area contributed by atoms with Crippen molar-refractivity contribution in [3.63, 3.8) is 0 Å². The van der Waals surface area contributed by atoms with E-state index in [1.807, 2.05) is 48.5 Å². The molecule has 22 heavy (non-hydrogen) atoms. The van der Waals surface area contributed by atoms with Gasteiger partial charge in [0.15, 0.2) is 0 Å². The minimum Gasteiger partial charge on any atom is -0.274 e. The standard InChI is InChI=1S/C20H16N2/c21-14-20(13-16-6-2-1-3-7-16)22-15-17-10-11-18-8-4-5-9-19(18)12-17/h1-12,15,20H,13H2. The van der Waals surface area contributed by atoms with Crippen molar-refractivity contribution in [2.24, 2.45) is 4.99 Å². The summed E-state index contributed by atoms with van der Waals surface area (Å²) < 4.78 is 0. The van der Waals surface area contributed by atoms with Crippen molar-refractivity contribution < 1.29 is 0 Å². The summed E-state index contributed by atoms with van der Waals surface area (Å²) in [6.07, 6.45) is 2.44.